The number of rotatable bonds is 5. The summed E-state index contributed by atoms with van der Waals surface area (Å²) < 4.78 is 5.44. The van der Waals surface area contributed by atoms with Crippen LogP contribution in [0.1, 0.15) is 37.7 Å². The van der Waals surface area contributed by atoms with Crippen molar-refractivity contribution in [2.45, 2.75) is 32.1 Å². The molecule has 0 bridgehead atoms. The number of ether oxygens (including phenoxy) is 1. The first-order chi connectivity index (χ1) is 11.8. The molecule has 2 heterocycles. The third kappa shape index (κ3) is 4.37. The van der Waals surface area contributed by atoms with Gasteiger partial charge < -0.3 is 9.64 Å². The first-order valence-electron chi connectivity index (χ1n) is 9.41. The number of amides is 1. The van der Waals surface area contributed by atoms with E-state index < -0.39 is 0 Å². The molecule has 0 aliphatic carbocycles. The van der Waals surface area contributed by atoms with Crippen molar-refractivity contribution < 1.29 is 9.53 Å². The summed E-state index contributed by atoms with van der Waals surface area (Å²) in [6, 6.07) is 10.2. The fourth-order valence-corrected chi connectivity index (χ4v) is 4.02. The van der Waals surface area contributed by atoms with E-state index in [1.54, 1.807) is 0 Å². The van der Waals surface area contributed by atoms with Crippen molar-refractivity contribution >= 4 is 5.91 Å². The topological polar surface area (TPSA) is 32.8 Å². The summed E-state index contributed by atoms with van der Waals surface area (Å²) in [7, 11) is 0. The largest absolute Gasteiger partial charge is 0.379 e. The van der Waals surface area contributed by atoms with Crippen molar-refractivity contribution in [2.24, 2.45) is 5.92 Å². The van der Waals surface area contributed by atoms with Gasteiger partial charge in [-0.2, -0.15) is 0 Å². The molecule has 0 saturated carbocycles. The normalized spacial score (nSPS) is 23.9. The highest BCUT2D eigenvalue weighted by Crippen LogP contribution is 2.26. The summed E-state index contributed by atoms with van der Waals surface area (Å²) >= 11 is 0. The molecule has 2 aliphatic rings. The van der Waals surface area contributed by atoms with Crippen molar-refractivity contribution in [1.82, 2.24) is 9.80 Å². The predicted molar refractivity (Wildman–Crippen MR) is 96.0 cm³/mol. The van der Waals surface area contributed by atoms with Gasteiger partial charge in [0.25, 0.3) is 0 Å². The number of carbonyl (C=O) groups is 1. The lowest BCUT2D eigenvalue weighted by Crippen LogP contribution is -2.47. The molecule has 4 heteroatoms. The van der Waals surface area contributed by atoms with Crippen LogP contribution in [0.5, 0.6) is 0 Å². The van der Waals surface area contributed by atoms with Gasteiger partial charge in [-0.1, -0.05) is 37.3 Å². The van der Waals surface area contributed by atoms with E-state index in [2.05, 4.69) is 28.9 Å². The van der Waals surface area contributed by atoms with Crippen LogP contribution >= 0.6 is 0 Å². The highest BCUT2D eigenvalue weighted by Gasteiger charge is 2.29. The molecule has 0 aromatic heterocycles. The first-order valence-corrected chi connectivity index (χ1v) is 9.41. The highest BCUT2D eigenvalue weighted by atomic mass is 16.5. The molecule has 2 saturated heterocycles. The van der Waals surface area contributed by atoms with Gasteiger partial charge in [0, 0.05) is 32.7 Å². The average Bonchev–Trinajstić information content (AvgIpc) is 2.64. The lowest BCUT2D eigenvalue weighted by Gasteiger charge is -2.38. The minimum absolute atomic E-state index is 0.00772. The number of hydrogen-bond acceptors (Lipinski definition) is 3. The molecule has 0 radical (unpaired) electrons. The Morgan fingerprint density at radius 1 is 1.21 bits per heavy atom. The molecule has 2 atom stereocenters. The minimum Gasteiger partial charge on any atom is -0.379 e. The smallest absolute Gasteiger partial charge is 0.230 e. The van der Waals surface area contributed by atoms with E-state index in [4.69, 9.17) is 4.74 Å². The Morgan fingerprint density at radius 2 is 1.96 bits per heavy atom. The van der Waals surface area contributed by atoms with Crippen LogP contribution in [0.4, 0.5) is 0 Å². The van der Waals surface area contributed by atoms with Gasteiger partial charge in [0.05, 0.1) is 19.1 Å². The maximum Gasteiger partial charge on any atom is 0.230 e. The fraction of sp³-hybridized carbons (Fsp3) is 0.650. The van der Waals surface area contributed by atoms with Gasteiger partial charge in [-0.3, -0.25) is 9.69 Å². The second-order valence-electron chi connectivity index (χ2n) is 7.08. The zero-order chi connectivity index (χ0) is 16.8. The van der Waals surface area contributed by atoms with Crippen LogP contribution in [0.15, 0.2) is 30.3 Å². The van der Waals surface area contributed by atoms with Crippen LogP contribution in [-0.4, -0.2) is 61.6 Å². The summed E-state index contributed by atoms with van der Waals surface area (Å²) in [5.74, 6) is 0.929. The Bertz CT molecular complexity index is 514. The Labute approximate surface area is 145 Å². The standard InChI is InChI=1S/C20H30N2O2/c1-2-19(18-8-4-3-5-9-18)20(23)22-10-6-7-17(16-22)15-21-11-13-24-14-12-21/h3-5,8-9,17,19H,2,6-7,10-16H2,1H3. The zero-order valence-electron chi connectivity index (χ0n) is 14.8. The van der Waals surface area contributed by atoms with E-state index in [1.165, 1.54) is 6.42 Å². The summed E-state index contributed by atoms with van der Waals surface area (Å²) in [4.78, 5) is 17.7. The average molecular weight is 330 g/mol. The highest BCUT2D eigenvalue weighted by molar-refractivity contribution is 5.83. The van der Waals surface area contributed by atoms with E-state index in [0.29, 0.717) is 11.8 Å². The zero-order valence-corrected chi connectivity index (χ0v) is 14.8. The number of benzene rings is 1. The van der Waals surface area contributed by atoms with Crippen LogP contribution < -0.4 is 0 Å². The maximum absolute atomic E-state index is 13.1. The van der Waals surface area contributed by atoms with Crippen molar-refractivity contribution in [1.29, 1.82) is 0 Å². The lowest BCUT2D eigenvalue weighted by atomic mass is 9.92. The van der Waals surface area contributed by atoms with Gasteiger partial charge in [0.2, 0.25) is 5.91 Å². The van der Waals surface area contributed by atoms with Crippen molar-refractivity contribution in [3.05, 3.63) is 35.9 Å². The molecule has 2 fully saturated rings. The quantitative estimate of drug-likeness (QED) is 0.832. The summed E-state index contributed by atoms with van der Waals surface area (Å²) in [5, 5.41) is 0. The van der Waals surface area contributed by atoms with E-state index in [1.807, 2.05) is 18.2 Å². The number of piperidine rings is 1. The fourth-order valence-electron chi connectivity index (χ4n) is 4.02. The molecular formula is C20H30N2O2. The molecule has 4 nitrogen and oxygen atoms in total. The maximum atomic E-state index is 13.1. The van der Waals surface area contributed by atoms with Gasteiger partial charge in [-0.15, -0.1) is 0 Å². The SMILES string of the molecule is CCC(C(=O)N1CCCC(CN2CCOCC2)C1)c1ccccc1. The van der Waals surface area contributed by atoms with E-state index >= 15 is 0 Å². The Hall–Kier alpha value is -1.39. The molecule has 3 rings (SSSR count). The number of morpholine rings is 1. The Kier molecular flexibility index (Phi) is 6.27. The number of carbonyl (C=O) groups excluding carboxylic acids is 1. The van der Waals surface area contributed by atoms with Crippen LogP contribution in [-0.2, 0) is 9.53 Å². The van der Waals surface area contributed by atoms with E-state index in [0.717, 1.165) is 64.3 Å². The molecule has 1 aromatic carbocycles. The van der Waals surface area contributed by atoms with Crippen LogP contribution in [0.3, 0.4) is 0 Å². The van der Waals surface area contributed by atoms with Crippen molar-refractivity contribution in [2.75, 3.05) is 45.9 Å². The lowest BCUT2D eigenvalue weighted by molar-refractivity contribution is -0.135. The van der Waals surface area contributed by atoms with Gasteiger partial charge in [0.1, 0.15) is 0 Å². The molecule has 0 N–H and O–H groups in total. The van der Waals surface area contributed by atoms with Gasteiger partial charge in [-0.05, 0) is 30.7 Å². The Morgan fingerprint density at radius 3 is 2.67 bits per heavy atom. The molecular weight excluding hydrogens is 300 g/mol. The third-order valence-corrected chi connectivity index (χ3v) is 5.36. The molecule has 2 unspecified atom stereocenters. The van der Waals surface area contributed by atoms with Gasteiger partial charge in [-0.25, -0.2) is 0 Å². The molecule has 2 aliphatic heterocycles. The van der Waals surface area contributed by atoms with Gasteiger partial charge in [0.15, 0.2) is 0 Å². The number of likely N-dealkylation sites (tertiary alicyclic amines) is 1. The second kappa shape index (κ2) is 8.63. The molecule has 1 aromatic rings. The second-order valence-corrected chi connectivity index (χ2v) is 7.08. The third-order valence-electron chi connectivity index (χ3n) is 5.36. The summed E-state index contributed by atoms with van der Waals surface area (Å²) in [5.41, 5.74) is 1.15. The van der Waals surface area contributed by atoms with Crippen molar-refractivity contribution in [3.8, 4) is 0 Å². The van der Waals surface area contributed by atoms with E-state index in [-0.39, 0.29) is 5.92 Å². The number of nitrogens with zero attached hydrogens (tertiary/aromatic N) is 2. The minimum atomic E-state index is 0.00772. The monoisotopic (exact) mass is 330 g/mol. The molecule has 24 heavy (non-hydrogen) atoms. The molecule has 132 valence electrons. The van der Waals surface area contributed by atoms with E-state index in [9.17, 15) is 4.79 Å². The van der Waals surface area contributed by atoms with Crippen LogP contribution in [0.25, 0.3) is 0 Å². The van der Waals surface area contributed by atoms with Crippen LogP contribution in [0, 0.1) is 5.92 Å². The summed E-state index contributed by atoms with van der Waals surface area (Å²) in [6.45, 7) is 8.82. The molecule has 0 spiro atoms. The Balaban J connectivity index is 1.59. The van der Waals surface area contributed by atoms with Gasteiger partial charge >= 0.3 is 0 Å². The predicted octanol–water partition coefficient (Wildman–Crippen LogP) is 2.75. The van der Waals surface area contributed by atoms with Crippen LogP contribution in [0.2, 0.25) is 0 Å². The summed E-state index contributed by atoms with van der Waals surface area (Å²) in [6.07, 6.45) is 3.24. The molecule has 1 amide bonds. The van der Waals surface area contributed by atoms with Crippen molar-refractivity contribution in [3.63, 3.8) is 0 Å². The number of hydrogen-bond donors (Lipinski definition) is 0. The first kappa shape index (κ1) is 17.4.